The maximum atomic E-state index is 11.9. The highest BCUT2D eigenvalue weighted by atomic mass is 127. The molecule has 6 nitrogen and oxygen atoms in total. The molecule has 20 heavy (non-hydrogen) atoms. The monoisotopic (exact) mass is 392 g/mol. The number of nitrogens with zero attached hydrogens (tertiary/aromatic N) is 1. The molecule has 0 radical (unpaired) electrons. The number of nitrogens with one attached hydrogen (secondary N) is 1. The van der Waals surface area contributed by atoms with Gasteiger partial charge in [-0.2, -0.15) is 0 Å². The van der Waals surface area contributed by atoms with Crippen LogP contribution < -0.4 is 5.32 Å². The Hall–Kier alpha value is -1.22. The Balaban J connectivity index is 2.50. The van der Waals surface area contributed by atoms with E-state index in [9.17, 15) is 14.9 Å². The topological polar surface area (TPSA) is 81.5 Å². The van der Waals surface area contributed by atoms with Crippen LogP contribution in [0.4, 0.5) is 5.69 Å². The first-order chi connectivity index (χ1) is 9.56. The minimum Gasteiger partial charge on any atom is -0.381 e. The highest BCUT2D eigenvalue weighted by Crippen LogP contribution is 2.19. The standard InChI is InChI=1S/C13H17IN2O4/c1-2-7-20-8-3-6-15-13(17)11-9-10(16(18)19)4-5-12(11)14/h4-5,9H,2-3,6-8H2,1H3,(H,15,17). The summed E-state index contributed by atoms with van der Waals surface area (Å²) in [6.07, 6.45) is 1.69. The Morgan fingerprint density at radius 1 is 1.45 bits per heavy atom. The third-order valence-corrected chi connectivity index (χ3v) is 3.45. The molecule has 1 aromatic rings. The summed E-state index contributed by atoms with van der Waals surface area (Å²) in [4.78, 5) is 22.1. The smallest absolute Gasteiger partial charge is 0.270 e. The lowest BCUT2D eigenvalue weighted by molar-refractivity contribution is -0.384. The predicted molar refractivity (Wildman–Crippen MR) is 83.9 cm³/mol. The molecular weight excluding hydrogens is 375 g/mol. The van der Waals surface area contributed by atoms with E-state index in [4.69, 9.17) is 4.74 Å². The van der Waals surface area contributed by atoms with Crippen LogP contribution in [0.1, 0.15) is 30.1 Å². The van der Waals surface area contributed by atoms with Crippen molar-refractivity contribution in [3.8, 4) is 0 Å². The second kappa shape index (κ2) is 8.85. The van der Waals surface area contributed by atoms with Gasteiger partial charge in [0.25, 0.3) is 11.6 Å². The van der Waals surface area contributed by atoms with E-state index in [0.29, 0.717) is 22.3 Å². The van der Waals surface area contributed by atoms with Crippen LogP contribution in [0.3, 0.4) is 0 Å². The van der Waals surface area contributed by atoms with Crippen molar-refractivity contribution in [1.82, 2.24) is 5.32 Å². The van der Waals surface area contributed by atoms with E-state index < -0.39 is 4.92 Å². The third kappa shape index (κ3) is 5.41. The van der Waals surface area contributed by atoms with Crippen molar-refractivity contribution in [2.45, 2.75) is 19.8 Å². The van der Waals surface area contributed by atoms with Crippen LogP contribution in [-0.2, 0) is 4.74 Å². The van der Waals surface area contributed by atoms with Gasteiger partial charge in [0.2, 0.25) is 0 Å². The van der Waals surface area contributed by atoms with Gasteiger partial charge in [-0.3, -0.25) is 14.9 Å². The highest BCUT2D eigenvalue weighted by Gasteiger charge is 2.14. The van der Waals surface area contributed by atoms with Crippen LogP contribution >= 0.6 is 22.6 Å². The molecule has 0 spiro atoms. The first-order valence-corrected chi connectivity index (χ1v) is 7.44. The lowest BCUT2D eigenvalue weighted by Gasteiger charge is -2.07. The summed E-state index contributed by atoms with van der Waals surface area (Å²) >= 11 is 1.99. The van der Waals surface area contributed by atoms with Crippen molar-refractivity contribution in [2.75, 3.05) is 19.8 Å². The van der Waals surface area contributed by atoms with Crippen molar-refractivity contribution in [3.63, 3.8) is 0 Å². The Labute approximate surface area is 131 Å². The highest BCUT2D eigenvalue weighted by molar-refractivity contribution is 14.1. The molecule has 0 atom stereocenters. The molecule has 0 unspecified atom stereocenters. The second-order valence-corrected chi connectivity index (χ2v) is 5.31. The molecule has 110 valence electrons. The van der Waals surface area contributed by atoms with Crippen LogP contribution in [0.25, 0.3) is 0 Å². The van der Waals surface area contributed by atoms with E-state index in [0.717, 1.165) is 19.4 Å². The van der Waals surface area contributed by atoms with Crippen molar-refractivity contribution in [2.24, 2.45) is 0 Å². The normalized spacial score (nSPS) is 10.3. The number of nitro groups is 1. The molecule has 0 heterocycles. The van der Waals surface area contributed by atoms with E-state index in [2.05, 4.69) is 5.32 Å². The average molecular weight is 392 g/mol. The average Bonchev–Trinajstić information content (AvgIpc) is 2.42. The number of non-ortho nitro benzene ring substituents is 1. The molecule has 1 N–H and O–H groups in total. The Morgan fingerprint density at radius 3 is 2.85 bits per heavy atom. The summed E-state index contributed by atoms with van der Waals surface area (Å²) < 4.78 is 5.99. The largest absolute Gasteiger partial charge is 0.381 e. The summed E-state index contributed by atoms with van der Waals surface area (Å²) in [7, 11) is 0. The minimum atomic E-state index is -0.508. The van der Waals surface area contributed by atoms with Gasteiger partial charge in [-0.25, -0.2) is 0 Å². The van der Waals surface area contributed by atoms with E-state index >= 15 is 0 Å². The third-order valence-electron chi connectivity index (χ3n) is 2.50. The molecule has 1 aromatic carbocycles. The van der Waals surface area contributed by atoms with Gasteiger partial charge < -0.3 is 10.1 Å². The fraction of sp³-hybridized carbons (Fsp3) is 0.462. The summed E-state index contributed by atoms with van der Waals surface area (Å²) in [5.41, 5.74) is 0.246. The first kappa shape index (κ1) is 16.8. The molecule has 0 aromatic heterocycles. The molecule has 0 bridgehead atoms. The first-order valence-electron chi connectivity index (χ1n) is 6.36. The zero-order chi connectivity index (χ0) is 15.0. The van der Waals surface area contributed by atoms with Crippen LogP contribution in [0.15, 0.2) is 18.2 Å². The molecule has 0 aliphatic heterocycles. The number of benzene rings is 1. The van der Waals surface area contributed by atoms with Crippen LogP contribution in [0.2, 0.25) is 0 Å². The van der Waals surface area contributed by atoms with Crippen molar-refractivity contribution < 1.29 is 14.5 Å². The summed E-state index contributed by atoms with van der Waals surface area (Å²) in [6.45, 7) is 3.84. The zero-order valence-electron chi connectivity index (χ0n) is 11.2. The molecule has 0 fully saturated rings. The number of halogens is 1. The van der Waals surface area contributed by atoms with Gasteiger partial charge >= 0.3 is 0 Å². The van der Waals surface area contributed by atoms with Gasteiger partial charge in [-0.1, -0.05) is 6.92 Å². The van der Waals surface area contributed by atoms with Gasteiger partial charge in [0.15, 0.2) is 0 Å². The SMILES string of the molecule is CCCOCCCNC(=O)c1cc([N+](=O)[O-])ccc1I. The van der Waals surface area contributed by atoms with Gasteiger partial charge in [-0.15, -0.1) is 0 Å². The molecule has 1 rings (SSSR count). The van der Waals surface area contributed by atoms with Crippen LogP contribution in [0, 0.1) is 13.7 Å². The van der Waals surface area contributed by atoms with E-state index in [1.165, 1.54) is 12.1 Å². The Kier molecular flexibility index (Phi) is 7.45. The number of amides is 1. The molecule has 7 heteroatoms. The van der Waals surface area contributed by atoms with E-state index in [1.807, 2.05) is 29.5 Å². The minimum absolute atomic E-state index is 0.0816. The molecule has 0 saturated carbocycles. The Morgan fingerprint density at radius 2 is 2.20 bits per heavy atom. The van der Waals surface area contributed by atoms with Gasteiger partial charge in [0.05, 0.1) is 10.5 Å². The fourth-order valence-electron chi connectivity index (χ4n) is 1.52. The number of carbonyl (C=O) groups excluding carboxylic acids is 1. The quantitative estimate of drug-likeness (QED) is 0.319. The molecule has 1 amide bonds. The van der Waals surface area contributed by atoms with Crippen molar-refractivity contribution in [1.29, 1.82) is 0 Å². The number of ether oxygens (including phenoxy) is 1. The van der Waals surface area contributed by atoms with Crippen LogP contribution in [0.5, 0.6) is 0 Å². The van der Waals surface area contributed by atoms with Crippen molar-refractivity contribution in [3.05, 3.63) is 37.4 Å². The van der Waals surface area contributed by atoms with E-state index in [1.54, 1.807) is 6.07 Å². The van der Waals surface area contributed by atoms with Gasteiger partial charge in [-0.05, 0) is 41.5 Å². The molecule has 0 saturated heterocycles. The molecule has 0 aliphatic carbocycles. The number of carbonyl (C=O) groups is 1. The fourth-order valence-corrected chi connectivity index (χ4v) is 2.10. The Bertz CT molecular complexity index is 479. The number of hydrogen-bond acceptors (Lipinski definition) is 4. The van der Waals surface area contributed by atoms with Gasteiger partial charge in [0.1, 0.15) is 0 Å². The summed E-state index contributed by atoms with van der Waals surface area (Å²) in [5.74, 6) is -0.298. The van der Waals surface area contributed by atoms with E-state index in [-0.39, 0.29) is 11.6 Å². The maximum absolute atomic E-state index is 11.9. The lowest BCUT2D eigenvalue weighted by atomic mass is 10.2. The van der Waals surface area contributed by atoms with Crippen LogP contribution in [-0.4, -0.2) is 30.6 Å². The van der Waals surface area contributed by atoms with Gasteiger partial charge in [0, 0.05) is 35.5 Å². The molecular formula is C13H17IN2O4. The lowest BCUT2D eigenvalue weighted by Crippen LogP contribution is -2.26. The second-order valence-electron chi connectivity index (χ2n) is 4.14. The molecule has 0 aliphatic rings. The van der Waals surface area contributed by atoms with Crippen molar-refractivity contribution >= 4 is 34.2 Å². The predicted octanol–water partition coefficient (Wildman–Crippen LogP) is 2.75. The number of nitro benzene ring substituents is 1. The zero-order valence-corrected chi connectivity index (χ0v) is 13.4. The summed E-state index contributed by atoms with van der Waals surface area (Å²) in [6, 6.07) is 4.25. The maximum Gasteiger partial charge on any atom is 0.270 e. The summed E-state index contributed by atoms with van der Waals surface area (Å²) in [5, 5.41) is 13.4. The number of rotatable bonds is 8. The number of hydrogen-bond donors (Lipinski definition) is 1.